The molecule has 252 valence electrons. The molecule has 5 aromatic rings. The molecule has 3 N–H and O–H groups in total. The summed E-state index contributed by atoms with van der Waals surface area (Å²) in [5, 5.41) is 18.8. The van der Waals surface area contributed by atoms with Crippen molar-refractivity contribution in [2.24, 2.45) is 0 Å². The van der Waals surface area contributed by atoms with Crippen molar-refractivity contribution in [1.82, 2.24) is 5.32 Å². The van der Waals surface area contributed by atoms with Crippen molar-refractivity contribution < 1.29 is 28.8 Å². The fraction of sp³-hybridized carbons (Fsp3) is 0.0789. The summed E-state index contributed by atoms with van der Waals surface area (Å²) >= 11 is 1.30. The normalized spacial score (nSPS) is 11.5. The fourth-order valence-electron chi connectivity index (χ4n) is 4.76. The smallest absolute Gasteiger partial charge is 0.272 e. The Morgan fingerprint density at radius 3 is 2.00 bits per heavy atom. The molecule has 1 atom stereocenters. The number of anilines is 2. The largest absolute Gasteiger partial charge is 0.497 e. The Balaban J connectivity index is 1.35. The molecule has 11 nitrogen and oxygen atoms in total. The first kappa shape index (κ1) is 34.9. The first-order valence-electron chi connectivity index (χ1n) is 15.2. The van der Waals surface area contributed by atoms with Crippen LogP contribution in [0.1, 0.15) is 26.7 Å². The highest BCUT2D eigenvalue weighted by Gasteiger charge is 2.23. The van der Waals surface area contributed by atoms with E-state index in [1.807, 2.05) is 30.3 Å². The molecule has 3 amide bonds. The van der Waals surface area contributed by atoms with E-state index in [1.54, 1.807) is 72.8 Å². The van der Waals surface area contributed by atoms with E-state index in [9.17, 15) is 24.5 Å². The summed E-state index contributed by atoms with van der Waals surface area (Å²) in [6.45, 7) is 0. The number of rotatable bonds is 13. The maximum atomic E-state index is 13.6. The van der Waals surface area contributed by atoms with Crippen LogP contribution in [0.3, 0.4) is 0 Å². The molecule has 0 aliphatic carbocycles. The Morgan fingerprint density at radius 2 is 1.38 bits per heavy atom. The van der Waals surface area contributed by atoms with Gasteiger partial charge in [-0.05, 0) is 72.3 Å². The topological polar surface area (TPSA) is 149 Å². The van der Waals surface area contributed by atoms with Gasteiger partial charge in [0.25, 0.3) is 17.5 Å². The minimum absolute atomic E-state index is 0.0205. The summed E-state index contributed by atoms with van der Waals surface area (Å²) in [6.07, 6.45) is 1.52. The number of carbonyl (C=O) groups is 3. The Hall–Kier alpha value is -6.40. The zero-order valence-corrected chi connectivity index (χ0v) is 27.8. The van der Waals surface area contributed by atoms with Gasteiger partial charge in [-0.1, -0.05) is 48.5 Å². The summed E-state index contributed by atoms with van der Waals surface area (Å²) in [5.41, 5.74) is 2.45. The number of thioether (sulfide) groups is 1. The molecular weight excluding hydrogens is 657 g/mol. The van der Waals surface area contributed by atoms with Crippen LogP contribution in [0.5, 0.6) is 11.5 Å². The molecule has 50 heavy (non-hydrogen) atoms. The van der Waals surface area contributed by atoms with Gasteiger partial charge in [0.05, 0.1) is 19.1 Å². The molecule has 0 saturated carbocycles. The van der Waals surface area contributed by atoms with Crippen molar-refractivity contribution in [3.8, 4) is 11.5 Å². The predicted octanol–water partition coefficient (Wildman–Crippen LogP) is 7.49. The second-order valence-electron chi connectivity index (χ2n) is 10.7. The molecule has 0 radical (unpaired) electrons. The van der Waals surface area contributed by atoms with Crippen molar-refractivity contribution in [1.29, 1.82) is 0 Å². The standard InChI is InChI=1S/C38H32N4O7S/c1-48-31-20-13-27(34(24-31)49-2)23-33(41-36(43)26-11-7-4-8-12-26)37(44)39-29-16-21-32(22-17-29)50-35(25-9-5-3-6-10-25)38(45)40-28-14-18-30(19-15-28)42(46)47/h3-24,35H,1-2H3,(H,39,44)(H,40,45)(H,41,43)/b33-23-. The molecule has 0 aromatic heterocycles. The highest BCUT2D eigenvalue weighted by molar-refractivity contribution is 8.00. The van der Waals surface area contributed by atoms with Crippen LogP contribution >= 0.6 is 11.8 Å². The molecule has 0 fully saturated rings. The van der Waals surface area contributed by atoms with Crippen LogP contribution in [-0.2, 0) is 9.59 Å². The number of hydrogen-bond acceptors (Lipinski definition) is 8. The lowest BCUT2D eigenvalue weighted by molar-refractivity contribution is -0.384. The lowest BCUT2D eigenvalue weighted by Crippen LogP contribution is -2.30. The molecular formula is C38H32N4O7S. The van der Waals surface area contributed by atoms with Crippen molar-refractivity contribution in [2.75, 3.05) is 24.9 Å². The molecule has 0 spiro atoms. The number of carbonyl (C=O) groups excluding carboxylic acids is 3. The van der Waals surface area contributed by atoms with Crippen LogP contribution in [0.2, 0.25) is 0 Å². The van der Waals surface area contributed by atoms with Gasteiger partial charge in [-0.25, -0.2) is 0 Å². The first-order valence-corrected chi connectivity index (χ1v) is 16.1. The second-order valence-corrected chi connectivity index (χ2v) is 11.8. The summed E-state index contributed by atoms with van der Waals surface area (Å²) in [6, 6.07) is 35.4. The number of methoxy groups -OCH3 is 2. The molecule has 12 heteroatoms. The highest BCUT2D eigenvalue weighted by atomic mass is 32.2. The van der Waals surface area contributed by atoms with E-state index in [0.29, 0.717) is 34.0 Å². The molecule has 1 unspecified atom stereocenters. The summed E-state index contributed by atoms with van der Waals surface area (Å²) < 4.78 is 10.8. The summed E-state index contributed by atoms with van der Waals surface area (Å²) in [4.78, 5) is 51.4. The molecule has 0 bridgehead atoms. The van der Waals surface area contributed by atoms with Crippen molar-refractivity contribution in [3.05, 3.63) is 160 Å². The number of nitrogens with zero attached hydrogens (tertiary/aromatic N) is 1. The maximum Gasteiger partial charge on any atom is 0.272 e. The van der Waals surface area contributed by atoms with Gasteiger partial charge in [0.2, 0.25) is 5.91 Å². The van der Waals surface area contributed by atoms with Crippen LogP contribution in [0, 0.1) is 10.1 Å². The first-order chi connectivity index (χ1) is 24.2. The van der Waals surface area contributed by atoms with Crippen molar-refractivity contribution in [3.63, 3.8) is 0 Å². The number of nitro groups is 1. The average Bonchev–Trinajstić information content (AvgIpc) is 3.15. The summed E-state index contributed by atoms with van der Waals surface area (Å²) in [7, 11) is 3.03. The Labute approximate surface area is 292 Å². The van der Waals surface area contributed by atoms with E-state index in [4.69, 9.17) is 9.47 Å². The zero-order valence-electron chi connectivity index (χ0n) is 27.0. The minimum atomic E-state index is -0.658. The molecule has 0 saturated heterocycles. The second kappa shape index (κ2) is 16.6. The highest BCUT2D eigenvalue weighted by Crippen LogP contribution is 2.37. The van der Waals surface area contributed by atoms with Gasteiger partial charge in [-0.3, -0.25) is 24.5 Å². The van der Waals surface area contributed by atoms with E-state index in [1.165, 1.54) is 56.3 Å². The third-order valence-corrected chi connectivity index (χ3v) is 8.59. The molecule has 0 heterocycles. The number of ether oxygens (including phenoxy) is 2. The van der Waals surface area contributed by atoms with Crippen LogP contribution in [0.4, 0.5) is 17.1 Å². The number of non-ortho nitro benzene ring substituents is 1. The molecule has 0 aliphatic rings. The molecule has 0 aliphatic heterocycles. The van der Waals surface area contributed by atoms with E-state index in [2.05, 4.69) is 16.0 Å². The SMILES string of the molecule is COc1ccc(/C=C(\NC(=O)c2ccccc2)C(=O)Nc2ccc(SC(C(=O)Nc3ccc([N+](=O)[O-])cc3)c3ccccc3)cc2)c(OC)c1. The Morgan fingerprint density at radius 1 is 0.760 bits per heavy atom. The van der Waals surface area contributed by atoms with Gasteiger partial charge in [-0.15, -0.1) is 11.8 Å². The van der Waals surface area contributed by atoms with Gasteiger partial charge in [0.15, 0.2) is 0 Å². The van der Waals surface area contributed by atoms with Gasteiger partial charge >= 0.3 is 0 Å². The fourth-order valence-corrected chi connectivity index (χ4v) is 5.79. The van der Waals surface area contributed by atoms with Gasteiger partial charge in [-0.2, -0.15) is 0 Å². The number of benzene rings is 5. The van der Waals surface area contributed by atoms with Gasteiger partial charge < -0.3 is 25.4 Å². The minimum Gasteiger partial charge on any atom is -0.497 e. The van der Waals surface area contributed by atoms with E-state index in [-0.39, 0.29) is 17.3 Å². The third-order valence-electron chi connectivity index (χ3n) is 7.32. The van der Waals surface area contributed by atoms with Crippen molar-refractivity contribution in [2.45, 2.75) is 10.1 Å². The average molecular weight is 689 g/mol. The number of hydrogen-bond donors (Lipinski definition) is 3. The van der Waals surface area contributed by atoms with Crippen LogP contribution in [0.25, 0.3) is 6.08 Å². The molecule has 5 rings (SSSR count). The lowest BCUT2D eigenvalue weighted by atomic mass is 10.1. The molecule has 5 aromatic carbocycles. The van der Waals surface area contributed by atoms with Crippen molar-refractivity contribution >= 4 is 52.6 Å². The quantitative estimate of drug-likeness (QED) is 0.0499. The number of nitro benzene ring substituents is 1. The third kappa shape index (κ3) is 9.14. The summed E-state index contributed by atoms with van der Waals surface area (Å²) in [5.74, 6) is -0.349. The number of nitrogens with one attached hydrogen (secondary N) is 3. The van der Waals surface area contributed by atoms with Crippen LogP contribution in [0.15, 0.2) is 138 Å². The van der Waals surface area contributed by atoms with Gasteiger partial charge in [0, 0.05) is 45.6 Å². The van der Waals surface area contributed by atoms with Crippen LogP contribution in [-0.4, -0.2) is 36.9 Å². The monoisotopic (exact) mass is 688 g/mol. The van der Waals surface area contributed by atoms with Crippen LogP contribution < -0.4 is 25.4 Å². The van der Waals surface area contributed by atoms with Gasteiger partial charge in [0.1, 0.15) is 22.4 Å². The number of amides is 3. The maximum absolute atomic E-state index is 13.6. The lowest BCUT2D eigenvalue weighted by Gasteiger charge is -2.17. The Bertz CT molecular complexity index is 2000. The zero-order chi connectivity index (χ0) is 35.5. The predicted molar refractivity (Wildman–Crippen MR) is 193 cm³/mol. The van der Waals surface area contributed by atoms with E-state index in [0.717, 1.165) is 10.5 Å². The Kier molecular flexibility index (Phi) is 11.6. The van der Waals surface area contributed by atoms with E-state index < -0.39 is 22.0 Å². The van der Waals surface area contributed by atoms with E-state index >= 15 is 0 Å².